The molecule has 1 aliphatic carbocycles. The Morgan fingerprint density at radius 2 is 1.79 bits per heavy atom. The largest absolute Gasteiger partial charge is 0.482 e. The van der Waals surface area contributed by atoms with Crippen molar-refractivity contribution >= 4 is 23.5 Å². The first-order valence-electron chi connectivity index (χ1n) is 11.0. The van der Waals surface area contributed by atoms with E-state index in [9.17, 15) is 18.0 Å². The SMILES string of the molecule is C=C(C)c1cc(SN)cc(C(F)(F)F)c1.CC(C)(C)OC(=O)COc1cccc2c1CCCC2. The second-order valence-corrected chi connectivity index (χ2v) is 9.83. The van der Waals surface area contributed by atoms with Gasteiger partial charge in [0.1, 0.15) is 11.4 Å². The molecule has 0 bridgehead atoms. The van der Waals surface area contributed by atoms with Crippen LogP contribution in [-0.2, 0) is 28.5 Å². The highest BCUT2D eigenvalue weighted by Gasteiger charge is 2.31. The molecule has 0 aromatic heterocycles. The Kier molecular flexibility index (Phi) is 9.64. The van der Waals surface area contributed by atoms with Gasteiger partial charge in [0, 0.05) is 4.90 Å². The molecule has 0 saturated carbocycles. The van der Waals surface area contributed by atoms with Gasteiger partial charge in [-0.05, 0) is 106 Å². The summed E-state index contributed by atoms with van der Waals surface area (Å²) in [7, 11) is 0. The standard InChI is InChI=1S/C16H22O3.C10H10F3NS/c1-16(2,3)19-15(17)11-18-14-10-6-8-12-7-4-5-9-13(12)14;1-6(2)7-3-8(10(11,12)13)5-9(4-7)15-14/h6,8,10H,4-5,7,9,11H2,1-3H3;3-5H,1,14H2,2H3. The van der Waals surface area contributed by atoms with Gasteiger partial charge in [-0.3, -0.25) is 5.14 Å². The molecule has 186 valence electrons. The number of rotatable bonds is 5. The fourth-order valence-corrected chi connectivity index (χ4v) is 3.86. The minimum absolute atomic E-state index is 0.0201. The monoisotopic (exact) mass is 495 g/mol. The molecular formula is C26H32F3NO3S. The summed E-state index contributed by atoms with van der Waals surface area (Å²) in [5.74, 6) is 0.518. The van der Waals surface area contributed by atoms with E-state index in [1.54, 1.807) is 13.0 Å². The van der Waals surface area contributed by atoms with Gasteiger partial charge >= 0.3 is 12.1 Å². The maximum Gasteiger partial charge on any atom is 0.416 e. The van der Waals surface area contributed by atoms with Gasteiger partial charge in [0.05, 0.1) is 5.56 Å². The Morgan fingerprint density at radius 1 is 1.12 bits per heavy atom. The van der Waals surface area contributed by atoms with E-state index in [1.165, 1.54) is 24.0 Å². The summed E-state index contributed by atoms with van der Waals surface area (Å²) in [6.45, 7) is 10.8. The van der Waals surface area contributed by atoms with E-state index < -0.39 is 17.3 Å². The van der Waals surface area contributed by atoms with E-state index >= 15 is 0 Å². The number of benzene rings is 2. The Morgan fingerprint density at radius 3 is 2.38 bits per heavy atom. The lowest BCUT2D eigenvalue weighted by atomic mass is 9.91. The smallest absolute Gasteiger partial charge is 0.416 e. The predicted octanol–water partition coefficient (Wildman–Crippen LogP) is 6.99. The van der Waals surface area contributed by atoms with Crippen molar-refractivity contribution in [3.05, 3.63) is 65.2 Å². The molecule has 3 rings (SSSR count). The number of carbonyl (C=O) groups is 1. The molecule has 0 spiro atoms. The van der Waals surface area contributed by atoms with Gasteiger partial charge in [-0.1, -0.05) is 24.3 Å². The molecule has 0 atom stereocenters. The minimum atomic E-state index is -4.35. The fraction of sp³-hybridized carbons (Fsp3) is 0.423. The average molecular weight is 496 g/mol. The molecule has 2 aromatic carbocycles. The number of alkyl halides is 3. The van der Waals surface area contributed by atoms with Crippen LogP contribution in [0.25, 0.3) is 5.57 Å². The average Bonchev–Trinajstić information content (AvgIpc) is 2.76. The highest BCUT2D eigenvalue weighted by molar-refractivity contribution is 7.97. The van der Waals surface area contributed by atoms with E-state index in [2.05, 4.69) is 12.6 Å². The molecule has 34 heavy (non-hydrogen) atoms. The highest BCUT2D eigenvalue weighted by atomic mass is 32.2. The van der Waals surface area contributed by atoms with Gasteiger partial charge < -0.3 is 9.47 Å². The lowest BCUT2D eigenvalue weighted by molar-refractivity contribution is -0.157. The Labute approximate surface area is 203 Å². The van der Waals surface area contributed by atoms with Crippen LogP contribution < -0.4 is 9.88 Å². The van der Waals surface area contributed by atoms with E-state index in [0.29, 0.717) is 16.0 Å². The number of halogens is 3. The quantitative estimate of drug-likeness (QED) is 0.358. The first kappa shape index (κ1) is 27.8. The van der Waals surface area contributed by atoms with Crippen LogP contribution in [0, 0.1) is 0 Å². The third kappa shape index (κ3) is 8.72. The molecule has 0 fully saturated rings. The summed E-state index contributed by atoms with van der Waals surface area (Å²) in [6.07, 6.45) is 0.233. The lowest BCUT2D eigenvalue weighted by Gasteiger charge is -2.21. The number of hydrogen-bond donors (Lipinski definition) is 1. The molecule has 0 unspecified atom stereocenters. The number of ether oxygens (including phenoxy) is 2. The molecule has 0 radical (unpaired) electrons. The second kappa shape index (κ2) is 11.8. The lowest BCUT2D eigenvalue weighted by Crippen LogP contribution is -2.27. The normalized spacial score (nSPS) is 13.3. The Hall–Kier alpha value is -2.45. The molecule has 4 nitrogen and oxygen atoms in total. The second-order valence-electron chi connectivity index (χ2n) is 9.12. The van der Waals surface area contributed by atoms with Crippen molar-refractivity contribution in [3.63, 3.8) is 0 Å². The number of fused-ring (bicyclic) bond motifs is 1. The first-order valence-corrected chi connectivity index (χ1v) is 11.9. The van der Waals surface area contributed by atoms with Gasteiger partial charge in [0.25, 0.3) is 0 Å². The topological polar surface area (TPSA) is 61.5 Å². The minimum Gasteiger partial charge on any atom is -0.482 e. The van der Waals surface area contributed by atoms with E-state index in [4.69, 9.17) is 14.6 Å². The summed E-state index contributed by atoms with van der Waals surface area (Å²) in [5.41, 5.74) is 2.49. The highest BCUT2D eigenvalue weighted by Crippen LogP contribution is 2.33. The molecule has 0 saturated heterocycles. The van der Waals surface area contributed by atoms with Crippen LogP contribution in [0.5, 0.6) is 5.75 Å². The van der Waals surface area contributed by atoms with Crippen molar-refractivity contribution in [3.8, 4) is 5.75 Å². The van der Waals surface area contributed by atoms with Crippen LogP contribution in [0.1, 0.15) is 62.8 Å². The molecule has 0 heterocycles. The Bertz CT molecular complexity index is 1010. The maximum absolute atomic E-state index is 12.5. The number of aryl methyl sites for hydroxylation is 1. The molecule has 1 aliphatic rings. The third-order valence-electron chi connectivity index (χ3n) is 4.98. The molecule has 2 aromatic rings. The first-order chi connectivity index (χ1) is 15.8. The van der Waals surface area contributed by atoms with Gasteiger partial charge in [0.15, 0.2) is 6.61 Å². The van der Waals surface area contributed by atoms with Crippen molar-refractivity contribution in [2.45, 2.75) is 70.1 Å². The van der Waals surface area contributed by atoms with Crippen LogP contribution in [-0.4, -0.2) is 18.2 Å². The molecule has 2 N–H and O–H groups in total. The number of hydrogen-bond acceptors (Lipinski definition) is 5. The van der Waals surface area contributed by atoms with Crippen molar-refractivity contribution < 1.29 is 27.4 Å². The molecular weight excluding hydrogens is 463 g/mol. The van der Waals surface area contributed by atoms with E-state index in [1.807, 2.05) is 32.9 Å². The van der Waals surface area contributed by atoms with Crippen molar-refractivity contribution in [2.75, 3.05) is 6.61 Å². The molecule has 8 heteroatoms. The van der Waals surface area contributed by atoms with Crippen molar-refractivity contribution in [2.24, 2.45) is 5.14 Å². The molecule has 0 amide bonds. The Balaban J connectivity index is 0.000000248. The summed E-state index contributed by atoms with van der Waals surface area (Å²) in [5, 5.41) is 5.25. The summed E-state index contributed by atoms with van der Waals surface area (Å²) >= 11 is 0.790. The summed E-state index contributed by atoms with van der Waals surface area (Å²) in [6, 6.07) is 9.76. The van der Waals surface area contributed by atoms with Gasteiger partial charge in [-0.2, -0.15) is 13.2 Å². The zero-order chi connectivity index (χ0) is 25.5. The summed E-state index contributed by atoms with van der Waals surface area (Å²) < 4.78 is 48.3. The van der Waals surface area contributed by atoms with Gasteiger partial charge in [-0.15, -0.1) is 0 Å². The number of nitrogens with two attached hydrogens (primary N) is 1. The van der Waals surface area contributed by atoms with Gasteiger partial charge in [0.2, 0.25) is 0 Å². The predicted molar refractivity (Wildman–Crippen MR) is 131 cm³/mol. The van der Waals surface area contributed by atoms with Crippen LogP contribution in [0.2, 0.25) is 0 Å². The fourth-order valence-electron chi connectivity index (χ4n) is 3.47. The van der Waals surface area contributed by atoms with E-state index in [-0.39, 0.29) is 12.6 Å². The van der Waals surface area contributed by atoms with Crippen LogP contribution in [0.15, 0.2) is 47.9 Å². The summed E-state index contributed by atoms with van der Waals surface area (Å²) in [4.78, 5) is 12.0. The number of carbonyl (C=O) groups excluding carboxylic acids is 1. The van der Waals surface area contributed by atoms with Gasteiger partial charge in [-0.25, -0.2) is 4.79 Å². The zero-order valence-electron chi connectivity index (χ0n) is 20.1. The van der Waals surface area contributed by atoms with Crippen LogP contribution in [0.4, 0.5) is 13.2 Å². The third-order valence-corrected chi connectivity index (χ3v) is 5.49. The van der Waals surface area contributed by atoms with Crippen molar-refractivity contribution in [1.82, 2.24) is 0 Å². The number of allylic oxidation sites excluding steroid dienone is 1. The number of esters is 1. The zero-order valence-corrected chi connectivity index (χ0v) is 20.9. The van der Waals surface area contributed by atoms with Crippen molar-refractivity contribution in [1.29, 1.82) is 0 Å². The maximum atomic E-state index is 12.5. The van der Waals surface area contributed by atoms with Crippen LogP contribution in [0.3, 0.4) is 0 Å². The van der Waals surface area contributed by atoms with E-state index in [0.717, 1.165) is 42.7 Å². The molecule has 0 aliphatic heterocycles. The van der Waals surface area contributed by atoms with Crippen LogP contribution >= 0.6 is 11.9 Å².